The van der Waals surface area contributed by atoms with Crippen molar-refractivity contribution < 1.29 is 4.79 Å². The second kappa shape index (κ2) is 7.06. The first-order chi connectivity index (χ1) is 12.3. The third-order valence-corrected chi connectivity index (χ3v) is 4.84. The Morgan fingerprint density at radius 2 is 1.69 bits per heavy atom. The Bertz CT molecular complexity index is 952. The molecule has 3 heterocycles. The predicted octanol–water partition coefficient (Wildman–Crippen LogP) is -0.0977. The van der Waals surface area contributed by atoms with E-state index in [9.17, 15) is 14.4 Å². The van der Waals surface area contributed by atoms with Crippen LogP contribution in [-0.2, 0) is 25.4 Å². The van der Waals surface area contributed by atoms with E-state index in [-0.39, 0.29) is 18.0 Å². The Balaban J connectivity index is 2.27. The lowest BCUT2D eigenvalue weighted by atomic mass is 10.2. The number of aryl methyl sites for hydroxylation is 2. The topological polar surface area (TPSA) is 85.4 Å². The normalized spacial score (nSPS) is 15.7. The molecule has 0 aromatic carbocycles. The van der Waals surface area contributed by atoms with Crippen LogP contribution in [0.2, 0.25) is 0 Å². The Morgan fingerprint density at radius 1 is 1.04 bits per heavy atom. The Kier molecular flexibility index (Phi) is 4.99. The monoisotopic (exact) mass is 362 g/mol. The molecule has 1 aliphatic heterocycles. The predicted molar refractivity (Wildman–Crippen MR) is 99.6 cm³/mol. The second-order valence-corrected chi connectivity index (χ2v) is 7.14. The fourth-order valence-corrected chi connectivity index (χ4v) is 3.44. The standard InChI is InChI=1S/C17H26N6O3/c1-19(2)11-12(24)22-9-7-5-6-8-10-23-13-14(18-16(22)23)20(3)17(26)21(4)15(13)25/h5-11H2,1-4H3. The largest absolute Gasteiger partial charge is 0.332 e. The Hall–Kier alpha value is -2.42. The lowest BCUT2D eigenvalue weighted by Gasteiger charge is -2.23. The molecule has 1 amide bonds. The zero-order valence-electron chi connectivity index (χ0n) is 15.9. The maximum atomic E-state index is 12.8. The molecule has 0 bridgehead atoms. The van der Waals surface area contributed by atoms with Gasteiger partial charge in [0.15, 0.2) is 11.2 Å². The number of carbonyl (C=O) groups excluding carboxylic acids is 1. The van der Waals surface area contributed by atoms with E-state index < -0.39 is 5.69 Å². The zero-order valence-corrected chi connectivity index (χ0v) is 15.9. The summed E-state index contributed by atoms with van der Waals surface area (Å²) >= 11 is 0. The molecule has 3 rings (SSSR count). The van der Waals surface area contributed by atoms with Gasteiger partial charge in [-0.05, 0) is 26.9 Å². The third kappa shape index (κ3) is 3.07. The highest BCUT2D eigenvalue weighted by Gasteiger charge is 2.26. The summed E-state index contributed by atoms with van der Waals surface area (Å²) in [5.41, 5.74) is -0.0800. The summed E-state index contributed by atoms with van der Waals surface area (Å²) in [5, 5.41) is 0. The Morgan fingerprint density at radius 3 is 2.35 bits per heavy atom. The van der Waals surface area contributed by atoms with Gasteiger partial charge in [-0.15, -0.1) is 0 Å². The van der Waals surface area contributed by atoms with E-state index >= 15 is 0 Å². The fraction of sp³-hybridized carbons (Fsp3) is 0.647. The SMILES string of the molecule is CN(C)CC(=O)N1CCCCCCn2c1nc1c2c(=O)n(C)c(=O)n1C. The van der Waals surface area contributed by atoms with E-state index in [1.54, 1.807) is 11.9 Å². The van der Waals surface area contributed by atoms with E-state index in [4.69, 9.17) is 0 Å². The Labute approximate surface area is 151 Å². The van der Waals surface area contributed by atoms with Crippen molar-refractivity contribution >= 4 is 23.0 Å². The van der Waals surface area contributed by atoms with Gasteiger partial charge >= 0.3 is 5.69 Å². The molecule has 2 aromatic rings. The maximum Gasteiger partial charge on any atom is 0.332 e. The van der Waals surface area contributed by atoms with Crippen molar-refractivity contribution in [2.24, 2.45) is 14.1 Å². The van der Waals surface area contributed by atoms with Gasteiger partial charge in [0.2, 0.25) is 11.9 Å². The average molecular weight is 362 g/mol. The molecular weight excluding hydrogens is 336 g/mol. The molecule has 1 aliphatic rings. The number of anilines is 1. The van der Waals surface area contributed by atoms with Crippen LogP contribution >= 0.6 is 0 Å². The average Bonchev–Trinajstić information content (AvgIpc) is 2.98. The van der Waals surface area contributed by atoms with Crippen LogP contribution in [0.15, 0.2) is 9.59 Å². The van der Waals surface area contributed by atoms with Gasteiger partial charge in [-0.3, -0.25) is 23.6 Å². The molecular formula is C17H26N6O3. The van der Waals surface area contributed by atoms with E-state index in [0.717, 1.165) is 30.3 Å². The fourth-order valence-electron chi connectivity index (χ4n) is 3.44. The summed E-state index contributed by atoms with van der Waals surface area (Å²) in [6.45, 7) is 1.43. The summed E-state index contributed by atoms with van der Waals surface area (Å²) in [5.74, 6) is 0.405. The summed E-state index contributed by atoms with van der Waals surface area (Å²) in [6.07, 6.45) is 3.85. The summed E-state index contributed by atoms with van der Waals surface area (Å²) in [6, 6.07) is 0. The first-order valence-corrected chi connectivity index (χ1v) is 8.94. The maximum absolute atomic E-state index is 12.8. The van der Waals surface area contributed by atoms with Crippen molar-refractivity contribution in [1.29, 1.82) is 0 Å². The molecule has 26 heavy (non-hydrogen) atoms. The molecule has 0 fully saturated rings. The molecule has 9 nitrogen and oxygen atoms in total. The minimum atomic E-state index is -0.419. The van der Waals surface area contributed by atoms with Gasteiger partial charge in [0.05, 0.1) is 6.54 Å². The van der Waals surface area contributed by atoms with Gasteiger partial charge < -0.3 is 9.47 Å². The number of imidazole rings is 1. The van der Waals surface area contributed by atoms with Gasteiger partial charge in [-0.1, -0.05) is 12.8 Å². The van der Waals surface area contributed by atoms with Crippen molar-refractivity contribution in [3.8, 4) is 0 Å². The molecule has 0 atom stereocenters. The van der Waals surface area contributed by atoms with Crippen LogP contribution in [0, 0.1) is 0 Å². The van der Waals surface area contributed by atoms with Crippen molar-refractivity contribution in [3.63, 3.8) is 0 Å². The van der Waals surface area contributed by atoms with Crippen LogP contribution in [0.4, 0.5) is 5.95 Å². The number of nitrogens with zero attached hydrogens (tertiary/aromatic N) is 6. The lowest BCUT2D eigenvalue weighted by molar-refractivity contribution is -0.119. The molecule has 0 N–H and O–H groups in total. The molecule has 0 saturated heterocycles. The zero-order chi connectivity index (χ0) is 19.0. The first-order valence-electron chi connectivity index (χ1n) is 8.94. The number of hydrogen-bond acceptors (Lipinski definition) is 5. The molecule has 2 aromatic heterocycles. The van der Waals surface area contributed by atoms with Crippen LogP contribution in [0.5, 0.6) is 0 Å². The number of hydrogen-bond donors (Lipinski definition) is 0. The molecule has 0 unspecified atom stereocenters. The van der Waals surface area contributed by atoms with Crippen LogP contribution in [-0.4, -0.2) is 56.7 Å². The highest BCUT2D eigenvalue weighted by Crippen LogP contribution is 2.23. The molecule has 0 saturated carbocycles. The van der Waals surface area contributed by atoms with Crippen molar-refractivity contribution in [3.05, 3.63) is 20.8 Å². The van der Waals surface area contributed by atoms with E-state index in [2.05, 4.69) is 4.98 Å². The highest BCUT2D eigenvalue weighted by molar-refractivity contribution is 5.94. The van der Waals surface area contributed by atoms with Crippen molar-refractivity contribution in [2.45, 2.75) is 32.2 Å². The summed E-state index contributed by atoms with van der Waals surface area (Å²) in [7, 11) is 6.75. The molecule has 9 heteroatoms. The van der Waals surface area contributed by atoms with Crippen molar-refractivity contribution in [1.82, 2.24) is 23.6 Å². The van der Waals surface area contributed by atoms with Crippen LogP contribution in [0.3, 0.4) is 0 Å². The quantitative estimate of drug-likeness (QED) is 0.745. The number of aromatic nitrogens is 4. The van der Waals surface area contributed by atoms with E-state index in [1.807, 2.05) is 23.6 Å². The van der Waals surface area contributed by atoms with E-state index in [0.29, 0.717) is 30.2 Å². The molecule has 0 spiro atoms. The smallest absolute Gasteiger partial charge is 0.304 e. The summed E-state index contributed by atoms with van der Waals surface area (Å²) < 4.78 is 4.28. The number of fused-ring (bicyclic) bond motifs is 3. The third-order valence-electron chi connectivity index (χ3n) is 4.84. The van der Waals surface area contributed by atoms with Gasteiger partial charge in [0.1, 0.15) is 0 Å². The van der Waals surface area contributed by atoms with E-state index in [1.165, 1.54) is 11.6 Å². The second-order valence-electron chi connectivity index (χ2n) is 7.14. The van der Waals surface area contributed by atoms with Crippen LogP contribution < -0.4 is 16.1 Å². The minimum Gasteiger partial charge on any atom is -0.304 e. The molecule has 0 aliphatic carbocycles. The number of likely N-dealkylation sites (N-methyl/N-ethyl adjacent to an activating group) is 1. The molecule has 142 valence electrons. The number of carbonyl (C=O) groups is 1. The highest BCUT2D eigenvalue weighted by atomic mass is 16.2. The number of amides is 1. The van der Waals surface area contributed by atoms with Gasteiger partial charge in [0.25, 0.3) is 5.56 Å². The number of rotatable bonds is 2. The van der Waals surface area contributed by atoms with Crippen molar-refractivity contribution in [2.75, 3.05) is 32.1 Å². The van der Waals surface area contributed by atoms with Crippen LogP contribution in [0.1, 0.15) is 25.7 Å². The van der Waals surface area contributed by atoms with Gasteiger partial charge in [0, 0.05) is 27.2 Å². The van der Waals surface area contributed by atoms with Crippen LogP contribution in [0.25, 0.3) is 11.2 Å². The minimum absolute atomic E-state index is 0.0599. The van der Waals surface area contributed by atoms with Gasteiger partial charge in [-0.2, -0.15) is 4.98 Å². The molecule has 0 radical (unpaired) electrons. The van der Waals surface area contributed by atoms with Gasteiger partial charge in [-0.25, -0.2) is 4.79 Å². The lowest BCUT2D eigenvalue weighted by Crippen LogP contribution is -2.40. The first kappa shape index (κ1) is 18.4. The summed E-state index contributed by atoms with van der Waals surface area (Å²) in [4.78, 5) is 45.9.